The van der Waals surface area contributed by atoms with Gasteiger partial charge >= 0.3 is 0 Å². The molecule has 1 aliphatic heterocycles. The van der Waals surface area contributed by atoms with Crippen LogP contribution in [0.1, 0.15) is 40.1 Å². The third kappa shape index (κ3) is 3.87. The third-order valence-corrected chi connectivity index (χ3v) is 4.63. The fourth-order valence-corrected chi connectivity index (χ4v) is 3.23. The molecule has 130 valence electrons. The average Bonchev–Trinajstić information content (AvgIpc) is 3.10. The Bertz CT molecular complexity index is 759. The molecule has 1 saturated heterocycles. The van der Waals surface area contributed by atoms with Gasteiger partial charge in [-0.25, -0.2) is 0 Å². The summed E-state index contributed by atoms with van der Waals surface area (Å²) < 4.78 is 0. The van der Waals surface area contributed by atoms with Crippen LogP contribution in [0.4, 0.5) is 5.69 Å². The lowest BCUT2D eigenvalue weighted by Gasteiger charge is -2.24. The van der Waals surface area contributed by atoms with E-state index in [0.717, 1.165) is 18.5 Å². The van der Waals surface area contributed by atoms with Gasteiger partial charge in [0.25, 0.3) is 5.91 Å². The molecule has 1 atom stereocenters. The zero-order valence-electron chi connectivity index (χ0n) is 14.7. The Kier molecular flexibility index (Phi) is 5.12. The van der Waals surface area contributed by atoms with Gasteiger partial charge < -0.3 is 9.80 Å². The number of amides is 1. The van der Waals surface area contributed by atoms with Gasteiger partial charge in [-0.15, -0.1) is 0 Å². The molecule has 0 N–H and O–H groups in total. The van der Waals surface area contributed by atoms with Crippen LogP contribution in [0.3, 0.4) is 0 Å². The number of hydrogen-bond donors (Lipinski definition) is 0. The molecule has 0 radical (unpaired) electrons. The van der Waals surface area contributed by atoms with Crippen molar-refractivity contribution in [2.75, 3.05) is 25.5 Å². The number of hydrogen-bond acceptors (Lipinski definition) is 4. The molecule has 0 aliphatic carbocycles. The second-order valence-corrected chi connectivity index (χ2v) is 6.58. The van der Waals surface area contributed by atoms with Crippen LogP contribution in [0.15, 0.2) is 48.7 Å². The average molecular weight is 337 g/mol. The van der Waals surface area contributed by atoms with Crippen LogP contribution in [0.25, 0.3) is 0 Å². The number of likely N-dealkylation sites (tertiary alicyclic amines) is 1. The van der Waals surface area contributed by atoms with Gasteiger partial charge in [0, 0.05) is 50.6 Å². The van der Waals surface area contributed by atoms with E-state index in [2.05, 4.69) is 4.98 Å². The van der Waals surface area contributed by atoms with Crippen LogP contribution >= 0.6 is 0 Å². The molecule has 0 spiro atoms. The summed E-state index contributed by atoms with van der Waals surface area (Å²) in [5.74, 6) is -0.00707. The van der Waals surface area contributed by atoms with Gasteiger partial charge in [-0.05, 0) is 25.0 Å². The van der Waals surface area contributed by atoms with Crippen LogP contribution < -0.4 is 4.90 Å². The highest BCUT2D eigenvalue weighted by Gasteiger charge is 2.31. The Morgan fingerprint density at radius 1 is 1.20 bits per heavy atom. The molecule has 0 saturated carbocycles. The van der Waals surface area contributed by atoms with E-state index >= 15 is 0 Å². The summed E-state index contributed by atoms with van der Waals surface area (Å²) in [6, 6.07) is 12.9. The van der Waals surface area contributed by atoms with Crippen molar-refractivity contribution in [3.8, 4) is 0 Å². The first kappa shape index (κ1) is 17.1. The van der Waals surface area contributed by atoms with E-state index in [4.69, 9.17) is 0 Å². The lowest BCUT2D eigenvalue weighted by atomic mass is 10.0. The van der Waals surface area contributed by atoms with E-state index in [9.17, 15) is 9.59 Å². The Morgan fingerprint density at radius 3 is 2.68 bits per heavy atom. The summed E-state index contributed by atoms with van der Waals surface area (Å²) in [5.41, 5.74) is 2.08. The quantitative estimate of drug-likeness (QED) is 0.787. The third-order valence-electron chi connectivity index (χ3n) is 4.63. The summed E-state index contributed by atoms with van der Waals surface area (Å²) in [5, 5.41) is 0. The van der Waals surface area contributed by atoms with Crippen molar-refractivity contribution in [2.24, 2.45) is 0 Å². The minimum absolute atomic E-state index is 0.0509. The van der Waals surface area contributed by atoms with Crippen LogP contribution in [-0.4, -0.2) is 48.3 Å². The second-order valence-electron chi connectivity index (χ2n) is 6.58. The normalized spacial score (nSPS) is 16.7. The number of carbonyl (C=O) groups excluding carboxylic acids is 2. The topological polar surface area (TPSA) is 53.5 Å². The number of nitrogens with zero attached hydrogens (tertiary/aromatic N) is 3. The van der Waals surface area contributed by atoms with Gasteiger partial charge in [-0.1, -0.05) is 30.3 Å². The summed E-state index contributed by atoms with van der Waals surface area (Å²) in [7, 11) is 3.86. The van der Waals surface area contributed by atoms with Crippen molar-refractivity contribution in [1.29, 1.82) is 0 Å². The maximum atomic E-state index is 12.9. The van der Waals surface area contributed by atoms with Crippen LogP contribution in [-0.2, 0) is 0 Å². The molecule has 1 aromatic carbocycles. The molecule has 1 fully saturated rings. The second kappa shape index (κ2) is 7.47. The fourth-order valence-electron chi connectivity index (χ4n) is 3.23. The summed E-state index contributed by atoms with van der Waals surface area (Å²) in [6.07, 6.45) is 3.80. The first-order chi connectivity index (χ1) is 12.1. The van der Waals surface area contributed by atoms with E-state index in [1.165, 1.54) is 0 Å². The lowest BCUT2D eigenvalue weighted by molar-refractivity contribution is 0.0711. The van der Waals surface area contributed by atoms with E-state index in [1.807, 2.05) is 60.3 Å². The highest BCUT2D eigenvalue weighted by molar-refractivity contribution is 5.98. The predicted molar refractivity (Wildman–Crippen MR) is 98.0 cm³/mol. The van der Waals surface area contributed by atoms with Gasteiger partial charge in [0.2, 0.25) is 0 Å². The smallest absolute Gasteiger partial charge is 0.272 e. The minimum atomic E-state index is -0.0907. The molecule has 1 amide bonds. The molecule has 25 heavy (non-hydrogen) atoms. The lowest BCUT2D eigenvalue weighted by Crippen LogP contribution is -2.37. The first-order valence-electron chi connectivity index (χ1n) is 8.59. The molecule has 0 bridgehead atoms. The highest BCUT2D eigenvalue weighted by atomic mass is 16.2. The van der Waals surface area contributed by atoms with Crippen molar-refractivity contribution in [2.45, 2.75) is 25.3 Å². The van der Waals surface area contributed by atoms with Crippen molar-refractivity contribution < 1.29 is 9.59 Å². The minimum Gasteiger partial charge on any atom is -0.378 e. The summed E-state index contributed by atoms with van der Waals surface area (Å²) in [4.78, 5) is 33.4. The molecular weight excluding hydrogens is 314 g/mol. The molecule has 1 aromatic heterocycles. The Hall–Kier alpha value is -2.69. The molecule has 0 unspecified atom stereocenters. The molecule has 5 nitrogen and oxygen atoms in total. The zero-order chi connectivity index (χ0) is 17.8. The first-order valence-corrected chi connectivity index (χ1v) is 8.59. The van der Waals surface area contributed by atoms with Crippen molar-refractivity contribution in [1.82, 2.24) is 9.88 Å². The molecule has 2 heterocycles. The SMILES string of the molecule is CN(C)c1ccnc(C(=O)N2CCC[C@H]2CC(=O)c2ccccc2)c1. The molecule has 2 aromatic rings. The molecular formula is C20H23N3O2. The van der Waals surface area contributed by atoms with E-state index in [1.54, 1.807) is 12.3 Å². The van der Waals surface area contributed by atoms with Crippen molar-refractivity contribution in [3.05, 3.63) is 59.9 Å². The van der Waals surface area contributed by atoms with Crippen LogP contribution in [0, 0.1) is 0 Å². The van der Waals surface area contributed by atoms with Gasteiger partial charge in [-0.2, -0.15) is 0 Å². The fraction of sp³-hybridized carbons (Fsp3) is 0.350. The summed E-state index contributed by atoms with van der Waals surface area (Å²) in [6.45, 7) is 0.680. The number of aromatic nitrogens is 1. The van der Waals surface area contributed by atoms with Gasteiger partial charge in [0.15, 0.2) is 5.78 Å². The van der Waals surface area contributed by atoms with Crippen LogP contribution in [0.5, 0.6) is 0 Å². The maximum absolute atomic E-state index is 12.9. The summed E-state index contributed by atoms with van der Waals surface area (Å²) >= 11 is 0. The number of rotatable bonds is 5. The van der Waals surface area contributed by atoms with E-state index in [-0.39, 0.29) is 17.7 Å². The van der Waals surface area contributed by atoms with Gasteiger partial charge in [0.1, 0.15) is 5.69 Å². The number of ketones is 1. The van der Waals surface area contributed by atoms with Gasteiger partial charge in [-0.3, -0.25) is 14.6 Å². The molecule has 5 heteroatoms. The number of carbonyl (C=O) groups is 2. The Balaban J connectivity index is 1.74. The zero-order valence-corrected chi connectivity index (χ0v) is 14.7. The van der Waals surface area contributed by atoms with Gasteiger partial charge in [0.05, 0.1) is 0 Å². The maximum Gasteiger partial charge on any atom is 0.272 e. The Morgan fingerprint density at radius 2 is 1.96 bits per heavy atom. The predicted octanol–water partition coefficient (Wildman–Crippen LogP) is 3.03. The number of Topliss-reactive ketones (excluding diaryl/α,β-unsaturated/α-hetero) is 1. The molecule has 1 aliphatic rings. The van der Waals surface area contributed by atoms with E-state index < -0.39 is 0 Å². The van der Waals surface area contributed by atoms with E-state index in [0.29, 0.717) is 24.2 Å². The molecule has 3 rings (SSSR count). The standard InChI is InChI=1S/C20H23N3O2/c1-22(2)16-10-11-21-18(13-16)20(25)23-12-6-9-17(23)14-19(24)15-7-4-3-5-8-15/h3-5,7-8,10-11,13,17H,6,9,12,14H2,1-2H3/t17-/m0/s1. The number of pyridine rings is 1. The van der Waals surface area contributed by atoms with Crippen molar-refractivity contribution in [3.63, 3.8) is 0 Å². The van der Waals surface area contributed by atoms with Crippen LogP contribution in [0.2, 0.25) is 0 Å². The largest absolute Gasteiger partial charge is 0.378 e. The number of anilines is 1. The number of benzene rings is 1. The monoisotopic (exact) mass is 337 g/mol. The highest BCUT2D eigenvalue weighted by Crippen LogP contribution is 2.24. The Labute approximate surface area is 148 Å². The van der Waals surface area contributed by atoms with Crippen molar-refractivity contribution >= 4 is 17.4 Å².